The number of oxazole rings is 1. The molecule has 0 radical (unpaired) electrons. The Morgan fingerprint density at radius 2 is 2.20 bits per heavy atom. The van der Waals surface area contributed by atoms with Gasteiger partial charge in [0.1, 0.15) is 5.52 Å². The van der Waals surface area contributed by atoms with Crippen LogP contribution < -0.4 is 5.32 Å². The number of para-hydroxylation sites is 2. The molecule has 0 saturated carbocycles. The molecule has 80 valence electrons. The summed E-state index contributed by atoms with van der Waals surface area (Å²) < 4.78 is 5.56. The Bertz CT molecular complexity index is 403. The largest absolute Gasteiger partial charge is 0.424 e. The molecule has 3 heteroatoms. The molecule has 0 fully saturated rings. The van der Waals surface area contributed by atoms with Crippen molar-refractivity contribution >= 4 is 17.1 Å². The maximum Gasteiger partial charge on any atom is 0.295 e. The third-order valence-corrected chi connectivity index (χ3v) is 2.39. The van der Waals surface area contributed by atoms with Crippen molar-refractivity contribution in [2.45, 2.75) is 32.7 Å². The van der Waals surface area contributed by atoms with Crippen molar-refractivity contribution in [3.63, 3.8) is 0 Å². The van der Waals surface area contributed by atoms with E-state index < -0.39 is 0 Å². The van der Waals surface area contributed by atoms with Crippen molar-refractivity contribution in [3.8, 4) is 0 Å². The fourth-order valence-electron chi connectivity index (χ4n) is 1.65. The molecule has 2 rings (SSSR count). The van der Waals surface area contributed by atoms with Gasteiger partial charge in [-0.25, -0.2) is 0 Å². The summed E-state index contributed by atoms with van der Waals surface area (Å²) in [6.45, 7) is 4.31. The van der Waals surface area contributed by atoms with E-state index in [0.717, 1.165) is 23.9 Å². The molecule has 1 heterocycles. The second kappa shape index (κ2) is 4.34. The molecule has 1 aromatic heterocycles. The number of hydrogen-bond acceptors (Lipinski definition) is 3. The highest BCUT2D eigenvalue weighted by Crippen LogP contribution is 2.19. The fourth-order valence-corrected chi connectivity index (χ4v) is 1.65. The molecular weight excluding hydrogens is 188 g/mol. The molecule has 0 aliphatic heterocycles. The standard InChI is InChI=1S/C12H16N2O/c1-3-6-9(2)13-12-14-10-7-4-5-8-11(10)15-12/h4-5,7-9H,3,6H2,1-2H3,(H,13,14). The molecule has 2 aromatic rings. The van der Waals surface area contributed by atoms with Gasteiger partial charge in [0.2, 0.25) is 0 Å². The predicted molar refractivity (Wildman–Crippen MR) is 62.0 cm³/mol. The minimum Gasteiger partial charge on any atom is -0.424 e. The van der Waals surface area contributed by atoms with Crippen LogP contribution in [0.25, 0.3) is 11.1 Å². The van der Waals surface area contributed by atoms with E-state index in [0.29, 0.717) is 12.1 Å². The van der Waals surface area contributed by atoms with Crippen LogP contribution in [0.1, 0.15) is 26.7 Å². The van der Waals surface area contributed by atoms with Gasteiger partial charge in [-0.3, -0.25) is 0 Å². The smallest absolute Gasteiger partial charge is 0.295 e. The van der Waals surface area contributed by atoms with Crippen LogP contribution in [0.15, 0.2) is 28.7 Å². The highest BCUT2D eigenvalue weighted by molar-refractivity contribution is 5.74. The number of fused-ring (bicyclic) bond motifs is 1. The van der Waals surface area contributed by atoms with Crippen molar-refractivity contribution in [3.05, 3.63) is 24.3 Å². The molecule has 1 unspecified atom stereocenters. The van der Waals surface area contributed by atoms with Crippen LogP contribution in [-0.4, -0.2) is 11.0 Å². The molecule has 1 aromatic carbocycles. The summed E-state index contributed by atoms with van der Waals surface area (Å²) in [6.07, 6.45) is 2.28. The van der Waals surface area contributed by atoms with Crippen LogP contribution in [0.5, 0.6) is 0 Å². The van der Waals surface area contributed by atoms with Crippen molar-refractivity contribution in [2.24, 2.45) is 0 Å². The number of nitrogens with one attached hydrogen (secondary N) is 1. The first-order chi connectivity index (χ1) is 7.29. The molecule has 0 aliphatic rings. The highest BCUT2D eigenvalue weighted by Gasteiger charge is 2.07. The van der Waals surface area contributed by atoms with Gasteiger partial charge in [-0.1, -0.05) is 25.5 Å². The lowest BCUT2D eigenvalue weighted by Crippen LogP contribution is -2.14. The van der Waals surface area contributed by atoms with Crippen LogP contribution in [0.4, 0.5) is 6.01 Å². The summed E-state index contributed by atoms with van der Waals surface area (Å²) in [5.41, 5.74) is 1.74. The maximum absolute atomic E-state index is 5.56. The molecule has 0 bridgehead atoms. The average Bonchev–Trinajstić information content (AvgIpc) is 2.59. The van der Waals surface area contributed by atoms with E-state index in [1.807, 2.05) is 24.3 Å². The quantitative estimate of drug-likeness (QED) is 0.829. The molecule has 3 nitrogen and oxygen atoms in total. The van der Waals surface area contributed by atoms with Gasteiger partial charge in [-0.2, -0.15) is 4.98 Å². The first-order valence-corrected chi connectivity index (χ1v) is 5.41. The van der Waals surface area contributed by atoms with Gasteiger partial charge in [-0.15, -0.1) is 0 Å². The third kappa shape index (κ3) is 2.29. The molecule has 0 saturated heterocycles. The van der Waals surface area contributed by atoms with Gasteiger partial charge >= 0.3 is 0 Å². The molecule has 0 spiro atoms. The lowest BCUT2D eigenvalue weighted by Gasteiger charge is -2.09. The topological polar surface area (TPSA) is 38.1 Å². The van der Waals surface area contributed by atoms with Gasteiger partial charge < -0.3 is 9.73 Å². The maximum atomic E-state index is 5.56. The molecule has 0 aliphatic carbocycles. The van der Waals surface area contributed by atoms with Crippen LogP contribution in [0, 0.1) is 0 Å². The Morgan fingerprint density at radius 3 is 2.93 bits per heavy atom. The number of benzene rings is 1. The van der Waals surface area contributed by atoms with E-state index in [-0.39, 0.29) is 0 Å². The molecular formula is C12H16N2O. The summed E-state index contributed by atoms with van der Waals surface area (Å²) >= 11 is 0. The molecule has 1 atom stereocenters. The second-order valence-corrected chi connectivity index (χ2v) is 3.82. The SMILES string of the molecule is CCCC(C)Nc1nc2ccccc2o1. The molecule has 1 N–H and O–H groups in total. The van der Waals surface area contributed by atoms with Crippen LogP contribution >= 0.6 is 0 Å². The van der Waals surface area contributed by atoms with E-state index in [4.69, 9.17) is 4.42 Å². The van der Waals surface area contributed by atoms with Crippen LogP contribution in [-0.2, 0) is 0 Å². The Morgan fingerprint density at radius 1 is 1.40 bits per heavy atom. The van der Waals surface area contributed by atoms with E-state index >= 15 is 0 Å². The van der Waals surface area contributed by atoms with E-state index in [2.05, 4.69) is 24.1 Å². The van der Waals surface area contributed by atoms with E-state index in [1.54, 1.807) is 0 Å². The van der Waals surface area contributed by atoms with E-state index in [9.17, 15) is 0 Å². The minimum absolute atomic E-state index is 0.406. The zero-order valence-corrected chi connectivity index (χ0v) is 9.16. The summed E-state index contributed by atoms with van der Waals surface area (Å²) in [6, 6.07) is 8.82. The van der Waals surface area contributed by atoms with Crippen molar-refractivity contribution in [2.75, 3.05) is 5.32 Å². The monoisotopic (exact) mass is 204 g/mol. The van der Waals surface area contributed by atoms with Crippen molar-refractivity contribution in [1.29, 1.82) is 0 Å². The van der Waals surface area contributed by atoms with Gasteiger partial charge in [0.15, 0.2) is 5.58 Å². The molecule has 0 amide bonds. The summed E-state index contributed by atoms with van der Waals surface area (Å²) in [5.74, 6) is 0. The van der Waals surface area contributed by atoms with Gasteiger partial charge in [0.25, 0.3) is 6.01 Å². The molecule has 15 heavy (non-hydrogen) atoms. The first kappa shape index (κ1) is 10.0. The first-order valence-electron chi connectivity index (χ1n) is 5.41. The average molecular weight is 204 g/mol. The Labute approximate surface area is 89.5 Å². The predicted octanol–water partition coefficient (Wildman–Crippen LogP) is 3.43. The summed E-state index contributed by atoms with van der Waals surface area (Å²) in [4.78, 5) is 4.36. The van der Waals surface area contributed by atoms with Gasteiger partial charge in [-0.05, 0) is 25.5 Å². The van der Waals surface area contributed by atoms with Crippen LogP contribution in [0.3, 0.4) is 0 Å². The van der Waals surface area contributed by atoms with Crippen LogP contribution in [0.2, 0.25) is 0 Å². The Balaban J connectivity index is 2.15. The Kier molecular flexibility index (Phi) is 2.90. The van der Waals surface area contributed by atoms with Gasteiger partial charge in [0.05, 0.1) is 0 Å². The summed E-state index contributed by atoms with van der Waals surface area (Å²) in [7, 11) is 0. The highest BCUT2D eigenvalue weighted by atomic mass is 16.4. The Hall–Kier alpha value is -1.51. The fraction of sp³-hybridized carbons (Fsp3) is 0.417. The normalized spacial score (nSPS) is 12.9. The third-order valence-electron chi connectivity index (χ3n) is 2.39. The number of rotatable bonds is 4. The lowest BCUT2D eigenvalue weighted by molar-refractivity contribution is 0.587. The zero-order valence-electron chi connectivity index (χ0n) is 9.16. The second-order valence-electron chi connectivity index (χ2n) is 3.82. The van der Waals surface area contributed by atoms with Gasteiger partial charge in [0, 0.05) is 6.04 Å². The van der Waals surface area contributed by atoms with Crippen molar-refractivity contribution in [1.82, 2.24) is 4.98 Å². The van der Waals surface area contributed by atoms with Crippen molar-refractivity contribution < 1.29 is 4.42 Å². The number of anilines is 1. The minimum atomic E-state index is 0.406. The lowest BCUT2D eigenvalue weighted by atomic mass is 10.2. The van der Waals surface area contributed by atoms with E-state index in [1.165, 1.54) is 0 Å². The summed E-state index contributed by atoms with van der Waals surface area (Å²) in [5, 5.41) is 3.25. The number of nitrogens with zero attached hydrogens (tertiary/aromatic N) is 1. The number of aromatic nitrogens is 1. The zero-order chi connectivity index (χ0) is 10.7. The number of hydrogen-bond donors (Lipinski definition) is 1.